The number of hydrogen-bond acceptors (Lipinski definition) is 2. The molecule has 98 valence electrons. The monoisotopic (exact) mass is 237 g/mol. The van der Waals surface area contributed by atoms with Gasteiger partial charge in [0.05, 0.1) is 6.04 Å². The van der Waals surface area contributed by atoms with E-state index < -0.39 is 0 Å². The highest BCUT2D eigenvalue weighted by molar-refractivity contribution is 5.21. The summed E-state index contributed by atoms with van der Waals surface area (Å²) in [6.07, 6.45) is 3.62. The predicted molar refractivity (Wildman–Crippen MR) is 73.3 cm³/mol. The van der Waals surface area contributed by atoms with Crippen LogP contribution in [0.15, 0.2) is 10.5 Å². The molecule has 0 aliphatic heterocycles. The molecule has 0 bridgehead atoms. The lowest BCUT2D eigenvalue weighted by Gasteiger charge is -2.23. The number of aryl methyl sites for hydroxylation is 2. The summed E-state index contributed by atoms with van der Waals surface area (Å²) < 4.78 is 5.88. The average Bonchev–Trinajstić information content (AvgIpc) is 2.60. The van der Waals surface area contributed by atoms with Gasteiger partial charge in [0, 0.05) is 0 Å². The van der Waals surface area contributed by atoms with Gasteiger partial charge in [0.2, 0.25) is 0 Å². The van der Waals surface area contributed by atoms with Crippen molar-refractivity contribution in [3.05, 3.63) is 23.2 Å². The molecule has 0 spiro atoms. The van der Waals surface area contributed by atoms with Gasteiger partial charge in [0.25, 0.3) is 0 Å². The lowest BCUT2D eigenvalue weighted by Crippen LogP contribution is -2.27. The maximum Gasteiger partial charge on any atom is 0.121 e. The molecule has 0 radical (unpaired) electrons. The first-order valence-corrected chi connectivity index (χ1v) is 6.90. The van der Waals surface area contributed by atoms with Crippen LogP contribution in [0.25, 0.3) is 0 Å². The topological polar surface area (TPSA) is 25.2 Å². The lowest BCUT2D eigenvalue weighted by atomic mass is 9.94. The summed E-state index contributed by atoms with van der Waals surface area (Å²) in [6.45, 7) is 12.0. The van der Waals surface area contributed by atoms with Gasteiger partial charge in [-0.1, -0.05) is 27.2 Å². The third-order valence-electron chi connectivity index (χ3n) is 3.42. The predicted octanol–water partition coefficient (Wildman–Crippen LogP) is 4.37. The smallest absolute Gasteiger partial charge is 0.121 e. The average molecular weight is 237 g/mol. The summed E-state index contributed by atoms with van der Waals surface area (Å²) in [5, 5.41) is 3.62. The maximum atomic E-state index is 5.88. The van der Waals surface area contributed by atoms with E-state index in [1.807, 2.05) is 6.92 Å². The first kappa shape index (κ1) is 14.3. The molecule has 0 saturated heterocycles. The van der Waals surface area contributed by atoms with Gasteiger partial charge in [0.15, 0.2) is 0 Å². The summed E-state index contributed by atoms with van der Waals surface area (Å²) in [5.41, 5.74) is 1.26. The molecular formula is C15H27NO. The Morgan fingerprint density at radius 2 is 1.94 bits per heavy atom. The summed E-state index contributed by atoms with van der Waals surface area (Å²) >= 11 is 0. The first-order chi connectivity index (χ1) is 8.10. The summed E-state index contributed by atoms with van der Waals surface area (Å²) in [5.74, 6) is 2.78. The second-order valence-corrected chi connectivity index (χ2v) is 5.09. The molecule has 0 aromatic carbocycles. The minimum Gasteiger partial charge on any atom is -0.464 e. The van der Waals surface area contributed by atoms with Gasteiger partial charge in [-0.2, -0.15) is 0 Å². The Hall–Kier alpha value is -0.760. The minimum atomic E-state index is 0.363. The van der Waals surface area contributed by atoms with Crippen LogP contribution in [-0.2, 0) is 0 Å². The van der Waals surface area contributed by atoms with Crippen molar-refractivity contribution in [1.29, 1.82) is 0 Å². The maximum absolute atomic E-state index is 5.88. The second kappa shape index (κ2) is 6.85. The molecule has 1 rings (SSSR count). The van der Waals surface area contributed by atoms with Crippen LogP contribution >= 0.6 is 0 Å². The normalized spacial score (nSPS) is 14.9. The summed E-state index contributed by atoms with van der Waals surface area (Å²) in [7, 11) is 0. The zero-order chi connectivity index (χ0) is 12.8. The number of hydrogen-bond donors (Lipinski definition) is 1. The zero-order valence-corrected chi connectivity index (χ0v) is 12.0. The highest BCUT2D eigenvalue weighted by Crippen LogP contribution is 2.28. The Kier molecular flexibility index (Phi) is 5.76. The third kappa shape index (κ3) is 3.88. The molecule has 0 saturated carbocycles. The third-order valence-corrected chi connectivity index (χ3v) is 3.42. The van der Waals surface area contributed by atoms with Crippen LogP contribution in [0.3, 0.4) is 0 Å². The molecule has 0 aliphatic carbocycles. The largest absolute Gasteiger partial charge is 0.464 e. The Morgan fingerprint density at radius 3 is 2.41 bits per heavy atom. The van der Waals surface area contributed by atoms with E-state index in [1.54, 1.807) is 0 Å². The lowest BCUT2D eigenvalue weighted by molar-refractivity contribution is 0.306. The van der Waals surface area contributed by atoms with Gasteiger partial charge in [-0.3, -0.25) is 0 Å². The Morgan fingerprint density at radius 1 is 1.24 bits per heavy atom. The van der Waals surface area contributed by atoms with Crippen LogP contribution in [-0.4, -0.2) is 6.54 Å². The molecule has 0 amide bonds. The number of furan rings is 1. The molecule has 2 unspecified atom stereocenters. The quantitative estimate of drug-likeness (QED) is 0.761. The van der Waals surface area contributed by atoms with Crippen LogP contribution in [0, 0.1) is 19.8 Å². The molecule has 1 aromatic rings. The van der Waals surface area contributed by atoms with Crippen molar-refractivity contribution in [2.75, 3.05) is 6.54 Å². The van der Waals surface area contributed by atoms with Crippen molar-refractivity contribution in [3.63, 3.8) is 0 Å². The van der Waals surface area contributed by atoms with Crippen LogP contribution < -0.4 is 5.32 Å². The van der Waals surface area contributed by atoms with E-state index in [0.29, 0.717) is 12.0 Å². The van der Waals surface area contributed by atoms with Crippen molar-refractivity contribution in [2.45, 2.75) is 59.9 Å². The van der Waals surface area contributed by atoms with Gasteiger partial charge in [-0.25, -0.2) is 0 Å². The van der Waals surface area contributed by atoms with Gasteiger partial charge in [-0.15, -0.1) is 0 Å². The fourth-order valence-electron chi connectivity index (χ4n) is 2.26. The van der Waals surface area contributed by atoms with Gasteiger partial charge in [0.1, 0.15) is 11.5 Å². The molecule has 1 aromatic heterocycles. The zero-order valence-electron chi connectivity index (χ0n) is 12.0. The van der Waals surface area contributed by atoms with Crippen molar-refractivity contribution < 1.29 is 4.42 Å². The summed E-state index contributed by atoms with van der Waals surface area (Å²) in [6, 6.07) is 2.55. The van der Waals surface area contributed by atoms with Crippen molar-refractivity contribution in [2.24, 2.45) is 5.92 Å². The summed E-state index contributed by atoms with van der Waals surface area (Å²) in [4.78, 5) is 0. The van der Waals surface area contributed by atoms with Crippen LogP contribution in [0.1, 0.15) is 63.2 Å². The van der Waals surface area contributed by atoms with E-state index in [9.17, 15) is 0 Å². The van der Waals surface area contributed by atoms with Gasteiger partial charge < -0.3 is 9.73 Å². The fourth-order valence-corrected chi connectivity index (χ4v) is 2.26. The first-order valence-electron chi connectivity index (χ1n) is 6.90. The van der Waals surface area contributed by atoms with Gasteiger partial charge >= 0.3 is 0 Å². The molecule has 17 heavy (non-hydrogen) atoms. The molecule has 2 nitrogen and oxygen atoms in total. The Labute approximate surface area is 106 Å². The number of nitrogens with one attached hydrogen (secondary N) is 1. The van der Waals surface area contributed by atoms with Crippen molar-refractivity contribution >= 4 is 0 Å². The SMILES string of the molecule is CCCNC(c1cc(C)c(C)o1)C(C)CCC. The minimum absolute atomic E-state index is 0.363. The standard InChI is InChI=1S/C15H27NO/c1-6-8-11(3)15(16-9-7-2)14-10-12(4)13(5)17-14/h10-11,15-16H,6-9H2,1-5H3. The van der Waals surface area contributed by atoms with E-state index in [1.165, 1.54) is 18.4 Å². The van der Waals surface area contributed by atoms with E-state index in [-0.39, 0.29) is 0 Å². The second-order valence-electron chi connectivity index (χ2n) is 5.09. The van der Waals surface area contributed by atoms with Gasteiger partial charge in [-0.05, 0) is 50.8 Å². The van der Waals surface area contributed by atoms with E-state index >= 15 is 0 Å². The number of rotatable bonds is 7. The molecule has 2 atom stereocenters. The van der Waals surface area contributed by atoms with E-state index in [0.717, 1.165) is 24.5 Å². The molecular weight excluding hydrogens is 210 g/mol. The van der Waals surface area contributed by atoms with Crippen molar-refractivity contribution in [3.8, 4) is 0 Å². The fraction of sp³-hybridized carbons (Fsp3) is 0.733. The van der Waals surface area contributed by atoms with Crippen molar-refractivity contribution in [1.82, 2.24) is 5.32 Å². The Bertz CT molecular complexity index is 310. The molecule has 2 heteroatoms. The van der Waals surface area contributed by atoms with Crippen LogP contribution in [0.5, 0.6) is 0 Å². The molecule has 0 aliphatic rings. The Balaban J connectivity index is 2.80. The highest BCUT2D eigenvalue weighted by Gasteiger charge is 2.21. The van der Waals surface area contributed by atoms with Crippen LogP contribution in [0.4, 0.5) is 0 Å². The van der Waals surface area contributed by atoms with Crippen LogP contribution in [0.2, 0.25) is 0 Å². The molecule has 0 fully saturated rings. The van der Waals surface area contributed by atoms with E-state index in [2.05, 4.69) is 39.1 Å². The molecule has 1 heterocycles. The molecule has 1 N–H and O–H groups in total. The van der Waals surface area contributed by atoms with E-state index in [4.69, 9.17) is 4.42 Å². The highest BCUT2D eigenvalue weighted by atomic mass is 16.3.